The summed E-state index contributed by atoms with van der Waals surface area (Å²) in [6, 6.07) is 6.70. The van der Waals surface area contributed by atoms with Crippen molar-refractivity contribution >= 4 is 44.4 Å². The standard InChI is InChI=1S/C13H16BrN5O2S/c1-8(7-20)17-12-11(14)6-16-13(19-12)18-9-2-4-10(5-3-9)22(15)21/h2-6,8,20H,7,15H2,1H3,(H2,16,17,18,19)/t8-,22?/m1/s1. The monoisotopic (exact) mass is 385 g/mol. The van der Waals surface area contributed by atoms with Crippen molar-refractivity contribution in [3.8, 4) is 0 Å². The summed E-state index contributed by atoms with van der Waals surface area (Å²) < 4.78 is 11.8. The number of nitrogens with zero attached hydrogens (tertiary/aromatic N) is 2. The number of halogens is 1. The number of benzene rings is 1. The molecule has 22 heavy (non-hydrogen) atoms. The van der Waals surface area contributed by atoms with Crippen LogP contribution in [0, 0.1) is 0 Å². The van der Waals surface area contributed by atoms with E-state index < -0.39 is 11.0 Å². The van der Waals surface area contributed by atoms with Crippen LogP contribution >= 0.6 is 15.9 Å². The molecule has 118 valence electrons. The molecular formula is C13H16BrN5O2S. The van der Waals surface area contributed by atoms with Crippen LogP contribution in [0.2, 0.25) is 0 Å². The Labute approximate surface area is 139 Å². The first-order chi connectivity index (χ1) is 10.5. The summed E-state index contributed by atoms with van der Waals surface area (Å²) in [5.74, 6) is 0.983. The van der Waals surface area contributed by atoms with Gasteiger partial charge < -0.3 is 15.7 Å². The van der Waals surface area contributed by atoms with Crippen LogP contribution in [0.15, 0.2) is 39.8 Å². The quantitative estimate of drug-likeness (QED) is 0.602. The Morgan fingerprint density at radius 3 is 2.68 bits per heavy atom. The van der Waals surface area contributed by atoms with Crippen LogP contribution in [0.25, 0.3) is 0 Å². The van der Waals surface area contributed by atoms with Crippen molar-refractivity contribution < 1.29 is 9.32 Å². The Balaban J connectivity index is 2.15. The molecule has 0 spiro atoms. The molecule has 9 heteroatoms. The SMILES string of the molecule is C[C@H](CO)Nc1nc(Nc2ccc(S(N)=O)cc2)ncc1Br. The molecule has 0 aliphatic carbocycles. The Morgan fingerprint density at radius 2 is 2.09 bits per heavy atom. The smallest absolute Gasteiger partial charge is 0.229 e. The normalized spacial score (nSPS) is 13.5. The molecule has 2 rings (SSSR count). The number of nitrogens with two attached hydrogens (primary N) is 1. The van der Waals surface area contributed by atoms with Gasteiger partial charge in [-0.1, -0.05) is 0 Å². The predicted octanol–water partition coefficient (Wildman–Crippen LogP) is 1.76. The average Bonchev–Trinajstić information content (AvgIpc) is 2.51. The second-order valence-corrected chi connectivity index (χ2v) is 6.49. The Kier molecular flexibility index (Phi) is 5.83. The van der Waals surface area contributed by atoms with E-state index in [-0.39, 0.29) is 12.6 Å². The van der Waals surface area contributed by atoms with E-state index in [1.54, 1.807) is 30.5 Å². The third-order valence-electron chi connectivity index (χ3n) is 2.74. The van der Waals surface area contributed by atoms with Gasteiger partial charge in [-0.2, -0.15) is 4.98 Å². The third-order valence-corrected chi connectivity index (χ3v) is 4.06. The maximum Gasteiger partial charge on any atom is 0.229 e. The van der Waals surface area contributed by atoms with Gasteiger partial charge in [-0.05, 0) is 47.1 Å². The molecule has 1 unspecified atom stereocenters. The van der Waals surface area contributed by atoms with E-state index in [1.165, 1.54) is 0 Å². The second kappa shape index (κ2) is 7.63. The van der Waals surface area contributed by atoms with Crippen LogP contribution in [-0.2, 0) is 11.0 Å². The highest BCUT2D eigenvalue weighted by Crippen LogP contribution is 2.22. The number of rotatable bonds is 6. The minimum absolute atomic E-state index is 0.00308. The number of hydrogen-bond acceptors (Lipinski definition) is 6. The molecule has 0 bridgehead atoms. The van der Waals surface area contributed by atoms with Crippen molar-refractivity contribution in [1.82, 2.24) is 9.97 Å². The van der Waals surface area contributed by atoms with Gasteiger partial charge in [0.25, 0.3) is 0 Å². The highest BCUT2D eigenvalue weighted by atomic mass is 79.9. The number of aliphatic hydroxyl groups excluding tert-OH is 1. The lowest BCUT2D eigenvalue weighted by atomic mass is 10.3. The van der Waals surface area contributed by atoms with Crippen LogP contribution in [0.5, 0.6) is 0 Å². The minimum Gasteiger partial charge on any atom is -0.394 e. The molecule has 0 amide bonds. The molecule has 0 saturated carbocycles. The van der Waals surface area contributed by atoms with Crippen molar-refractivity contribution in [3.63, 3.8) is 0 Å². The van der Waals surface area contributed by atoms with Crippen molar-refractivity contribution in [1.29, 1.82) is 0 Å². The maximum absolute atomic E-state index is 11.1. The predicted molar refractivity (Wildman–Crippen MR) is 90.2 cm³/mol. The fourth-order valence-electron chi connectivity index (χ4n) is 1.61. The molecule has 5 N–H and O–H groups in total. The third kappa shape index (κ3) is 4.47. The molecule has 0 aliphatic heterocycles. The number of hydrogen-bond donors (Lipinski definition) is 4. The van der Waals surface area contributed by atoms with Crippen molar-refractivity contribution in [2.75, 3.05) is 17.2 Å². The van der Waals surface area contributed by atoms with E-state index in [0.29, 0.717) is 21.1 Å². The zero-order chi connectivity index (χ0) is 16.1. The van der Waals surface area contributed by atoms with E-state index in [9.17, 15) is 4.21 Å². The Hall–Kier alpha value is -1.55. The lowest BCUT2D eigenvalue weighted by molar-refractivity contribution is 0.281. The summed E-state index contributed by atoms with van der Waals surface area (Å²) in [5, 5.41) is 20.5. The number of nitrogens with one attached hydrogen (secondary N) is 2. The molecule has 2 aromatic rings. The summed E-state index contributed by atoms with van der Waals surface area (Å²) >= 11 is 3.35. The first-order valence-electron chi connectivity index (χ1n) is 6.43. The highest BCUT2D eigenvalue weighted by molar-refractivity contribution is 9.10. The van der Waals surface area contributed by atoms with Gasteiger partial charge in [-0.25, -0.2) is 14.3 Å². The van der Waals surface area contributed by atoms with Gasteiger partial charge in [0.2, 0.25) is 5.95 Å². The molecule has 0 radical (unpaired) electrons. The average molecular weight is 386 g/mol. The summed E-state index contributed by atoms with van der Waals surface area (Å²) in [7, 11) is -1.50. The van der Waals surface area contributed by atoms with Crippen molar-refractivity contribution in [2.24, 2.45) is 5.14 Å². The van der Waals surface area contributed by atoms with Gasteiger partial charge in [0.05, 0.1) is 16.0 Å². The molecule has 0 aliphatic rings. The number of anilines is 3. The van der Waals surface area contributed by atoms with Gasteiger partial charge >= 0.3 is 0 Å². The number of aliphatic hydroxyl groups is 1. The minimum atomic E-state index is -1.50. The van der Waals surface area contributed by atoms with Gasteiger partial charge in [0, 0.05) is 17.9 Å². The summed E-state index contributed by atoms with van der Waals surface area (Å²) in [6.45, 7) is 1.84. The van der Waals surface area contributed by atoms with Crippen LogP contribution in [0.4, 0.5) is 17.5 Å². The molecule has 7 nitrogen and oxygen atoms in total. The molecule has 1 aromatic heterocycles. The van der Waals surface area contributed by atoms with Crippen LogP contribution in [0.3, 0.4) is 0 Å². The second-order valence-electron chi connectivity index (χ2n) is 4.56. The maximum atomic E-state index is 11.1. The van der Waals surface area contributed by atoms with E-state index in [2.05, 4.69) is 36.5 Å². The van der Waals surface area contributed by atoms with Crippen LogP contribution < -0.4 is 15.8 Å². The topological polar surface area (TPSA) is 113 Å². The van der Waals surface area contributed by atoms with E-state index in [4.69, 9.17) is 10.2 Å². The van der Waals surface area contributed by atoms with E-state index in [1.807, 2.05) is 6.92 Å². The summed E-state index contributed by atoms with van der Waals surface area (Å²) in [4.78, 5) is 9.05. The molecule has 1 heterocycles. The van der Waals surface area contributed by atoms with Crippen LogP contribution in [-0.4, -0.2) is 31.9 Å². The molecule has 2 atom stereocenters. The van der Waals surface area contributed by atoms with Crippen molar-refractivity contribution in [2.45, 2.75) is 17.9 Å². The molecule has 0 saturated heterocycles. The van der Waals surface area contributed by atoms with E-state index >= 15 is 0 Å². The molecule has 1 aromatic carbocycles. The van der Waals surface area contributed by atoms with Crippen LogP contribution in [0.1, 0.15) is 6.92 Å². The zero-order valence-electron chi connectivity index (χ0n) is 11.8. The molecule has 0 fully saturated rings. The lowest BCUT2D eigenvalue weighted by Gasteiger charge is -2.14. The number of aromatic nitrogens is 2. The Morgan fingerprint density at radius 1 is 1.41 bits per heavy atom. The van der Waals surface area contributed by atoms with E-state index in [0.717, 1.165) is 5.69 Å². The van der Waals surface area contributed by atoms with Gasteiger partial charge in [0.1, 0.15) is 16.8 Å². The largest absolute Gasteiger partial charge is 0.394 e. The molecular weight excluding hydrogens is 370 g/mol. The first-order valence-corrected chi connectivity index (χ1v) is 8.43. The van der Waals surface area contributed by atoms with Crippen molar-refractivity contribution in [3.05, 3.63) is 34.9 Å². The fourth-order valence-corrected chi connectivity index (χ4v) is 2.32. The summed E-state index contributed by atoms with van der Waals surface area (Å²) in [6.07, 6.45) is 1.62. The summed E-state index contributed by atoms with van der Waals surface area (Å²) in [5.41, 5.74) is 0.748. The highest BCUT2D eigenvalue weighted by Gasteiger charge is 2.08. The fraction of sp³-hybridized carbons (Fsp3) is 0.231. The lowest BCUT2D eigenvalue weighted by Crippen LogP contribution is -2.20. The van der Waals surface area contributed by atoms with Gasteiger partial charge in [-0.3, -0.25) is 0 Å². The first kappa shape index (κ1) is 16.8. The Bertz CT molecular complexity index is 668. The zero-order valence-corrected chi connectivity index (χ0v) is 14.2. The van der Waals surface area contributed by atoms with Gasteiger partial charge in [0.15, 0.2) is 0 Å². The van der Waals surface area contributed by atoms with Gasteiger partial charge in [-0.15, -0.1) is 0 Å².